The molecule has 1 heterocycles. The Morgan fingerprint density at radius 3 is 2.35 bits per heavy atom. The van der Waals surface area contributed by atoms with Crippen molar-refractivity contribution in [1.29, 1.82) is 0 Å². The van der Waals surface area contributed by atoms with Crippen LogP contribution >= 0.6 is 0 Å². The number of ether oxygens (including phenoxy) is 1. The van der Waals surface area contributed by atoms with Gasteiger partial charge in [-0.25, -0.2) is 4.79 Å². The molecule has 34 heavy (non-hydrogen) atoms. The summed E-state index contributed by atoms with van der Waals surface area (Å²) in [5, 5.41) is 10.9. The maximum Gasteiger partial charge on any atom is 0.338 e. The molecule has 3 rings (SSSR count). The Kier molecular flexibility index (Phi) is 8.79. The lowest BCUT2D eigenvalue weighted by Gasteiger charge is -2.23. The average Bonchev–Trinajstić information content (AvgIpc) is 3.02. The summed E-state index contributed by atoms with van der Waals surface area (Å²) < 4.78 is 5.06. The van der Waals surface area contributed by atoms with E-state index in [1.165, 1.54) is 0 Å². The number of hydrogen-bond acceptors (Lipinski definition) is 6. The molecule has 2 aromatic rings. The Labute approximate surface area is 200 Å². The van der Waals surface area contributed by atoms with Gasteiger partial charge in [0.15, 0.2) is 0 Å². The zero-order chi connectivity index (χ0) is 24.5. The second-order valence-corrected chi connectivity index (χ2v) is 8.16. The van der Waals surface area contributed by atoms with E-state index in [2.05, 4.69) is 29.5 Å². The van der Waals surface area contributed by atoms with E-state index >= 15 is 0 Å². The molecule has 0 aromatic heterocycles. The van der Waals surface area contributed by atoms with Gasteiger partial charge in [-0.05, 0) is 60.7 Å². The first kappa shape index (κ1) is 25.0. The molecular formula is C26H33N5O3. The van der Waals surface area contributed by atoms with Gasteiger partial charge in [-0.2, -0.15) is 0 Å². The van der Waals surface area contributed by atoms with Gasteiger partial charge >= 0.3 is 5.97 Å². The molecule has 0 aliphatic carbocycles. The van der Waals surface area contributed by atoms with Crippen molar-refractivity contribution in [2.45, 2.75) is 46.2 Å². The number of nitrogens with one attached hydrogen (secondary N) is 1. The van der Waals surface area contributed by atoms with Gasteiger partial charge < -0.3 is 20.8 Å². The number of rotatable bonds is 9. The summed E-state index contributed by atoms with van der Waals surface area (Å²) >= 11 is 0. The van der Waals surface area contributed by atoms with Crippen molar-refractivity contribution >= 4 is 23.6 Å². The lowest BCUT2D eigenvalue weighted by atomic mass is 10.00. The van der Waals surface area contributed by atoms with Crippen molar-refractivity contribution in [3.8, 4) is 11.1 Å². The summed E-state index contributed by atoms with van der Waals surface area (Å²) in [5.41, 5.74) is 4.85. The molecule has 0 bridgehead atoms. The van der Waals surface area contributed by atoms with Gasteiger partial charge in [0.25, 0.3) is 0 Å². The molecule has 8 nitrogen and oxygen atoms in total. The Bertz CT molecular complexity index is 1060. The number of benzene rings is 2. The molecule has 0 fully saturated rings. The summed E-state index contributed by atoms with van der Waals surface area (Å²) in [6.07, 6.45) is 3.67. The normalized spacial score (nSPS) is 15.1. The number of carbonyl (C=O) groups is 2. The molecule has 1 unspecified atom stereocenters. The third-order valence-electron chi connectivity index (χ3n) is 5.60. The first-order valence-electron chi connectivity index (χ1n) is 11.8. The molecule has 0 spiro atoms. The molecule has 0 radical (unpaired) electrons. The SMILES string of the molecule is CCCN(CCC)C(=O)C1=Cc2ccc(-c3ccc(C(=O)OCC)cc3)cc2NC(N=NN)C1. The number of nitrogens with two attached hydrogens (primary N) is 1. The van der Waals surface area contributed by atoms with E-state index < -0.39 is 6.17 Å². The van der Waals surface area contributed by atoms with E-state index in [1.54, 1.807) is 19.1 Å². The minimum Gasteiger partial charge on any atom is -0.462 e. The van der Waals surface area contributed by atoms with Gasteiger partial charge in [-0.1, -0.05) is 43.3 Å². The maximum absolute atomic E-state index is 13.3. The fraction of sp³-hybridized carbons (Fsp3) is 0.385. The number of fused-ring (bicyclic) bond motifs is 1. The van der Waals surface area contributed by atoms with Crippen LogP contribution in [0.1, 0.15) is 56.0 Å². The van der Waals surface area contributed by atoms with Gasteiger partial charge in [-0.3, -0.25) is 4.79 Å². The van der Waals surface area contributed by atoms with Crippen molar-refractivity contribution in [2.24, 2.45) is 16.2 Å². The zero-order valence-corrected chi connectivity index (χ0v) is 20.1. The highest BCUT2D eigenvalue weighted by Crippen LogP contribution is 2.32. The Balaban J connectivity index is 1.94. The molecule has 0 saturated carbocycles. The van der Waals surface area contributed by atoms with Crippen LogP contribution in [-0.2, 0) is 9.53 Å². The number of hydrogen-bond donors (Lipinski definition) is 2. The highest BCUT2D eigenvalue weighted by atomic mass is 16.5. The van der Waals surface area contributed by atoms with Crippen LogP contribution in [0, 0.1) is 0 Å². The minimum atomic E-state index is -0.451. The predicted molar refractivity (Wildman–Crippen MR) is 134 cm³/mol. The van der Waals surface area contributed by atoms with Crippen LogP contribution < -0.4 is 11.2 Å². The highest BCUT2D eigenvalue weighted by molar-refractivity contribution is 5.99. The van der Waals surface area contributed by atoms with Crippen LogP contribution in [0.2, 0.25) is 0 Å². The number of carbonyl (C=O) groups excluding carboxylic acids is 2. The largest absolute Gasteiger partial charge is 0.462 e. The first-order chi connectivity index (χ1) is 16.5. The van der Waals surface area contributed by atoms with E-state index in [0.717, 1.165) is 35.2 Å². The molecule has 3 N–H and O–H groups in total. The average molecular weight is 464 g/mol. The Hall–Kier alpha value is -3.68. The summed E-state index contributed by atoms with van der Waals surface area (Å²) in [6.45, 7) is 7.69. The quantitative estimate of drug-likeness (QED) is 0.235. The van der Waals surface area contributed by atoms with Crippen molar-refractivity contribution in [1.82, 2.24) is 4.90 Å². The van der Waals surface area contributed by atoms with Crippen molar-refractivity contribution in [3.63, 3.8) is 0 Å². The lowest BCUT2D eigenvalue weighted by Crippen LogP contribution is -2.34. The van der Waals surface area contributed by atoms with E-state index in [9.17, 15) is 9.59 Å². The molecule has 1 aliphatic heterocycles. The summed E-state index contributed by atoms with van der Waals surface area (Å²) in [5.74, 6) is 5.04. The van der Waals surface area contributed by atoms with Crippen LogP contribution in [0.25, 0.3) is 17.2 Å². The smallest absolute Gasteiger partial charge is 0.338 e. The van der Waals surface area contributed by atoms with Crippen LogP contribution in [0.5, 0.6) is 0 Å². The minimum absolute atomic E-state index is 0.0224. The van der Waals surface area contributed by atoms with Gasteiger partial charge in [0.05, 0.1) is 12.2 Å². The number of nitrogens with zero attached hydrogens (tertiary/aromatic N) is 3. The molecule has 180 valence electrons. The standard InChI is InChI=1S/C26H33N5O3/c1-4-13-31(14-5-2)25(32)22-15-21-12-11-20(16-23(21)28-24(17-22)29-30-27)18-7-9-19(10-8-18)26(33)34-6-3/h7-12,15-16,24,28H,4-6,13-14,17H2,1-3H3,(H2,27,29). The summed E-state index contributed by atoms with van der Waals surface area (Å²) in [7, 11) is 0. The van der Waals surface area contributed by atoms with Crippen molar-refractivity contribution < 1.29 is 14.3 Å². The van der Waals surface area contributed by atoms with E-state index in [0.29, 0.717) is 37.3 Å². The van der Waals surface area contributed by atoms with E-state index in [4.69, 9.17) is 10.6 Å². The van der Waals surface area contributed by atoms with Gasteiger partial charge in [0.1, 0.15) is 6.17 Å². The zero-order valence-electron chi connectivity index (χ0n) is 20.1. The highest BCUT2D eigenvalue weighted by Gasteiger charge is 2.24. The van der Waals surface area contributed by atoms with E-state index in [1.807, 2.05) is 41.3 Å². The van der Waals surface area contributed by atoms with Crippen LogP contribution in [-0.4, -0.2) is 42.6 Å². The molecule has 1 aliphatic rings. The second kappa shape index (κ2) is 12.0. The Morgan fingerprint density at radius 2 is 1.74 bits per heavy atom. The summed E-state index contributed by atoms with van der Waals surface area (Å²) in [6, 6.07) is 13.3. The fourth-order valence-corrected chi connectivity index (χ4v) is 4.04. The van der Waals surface area contributed by atoms with Crippen molar-refractivity contribution in [2.75, 3.05) is 25.0 Å². The van der Waals surface area contributed by atoms with Gasteiger partial charge in [-0.15, -0.1) is 5.11 Å². The third kappa shape index (κ3) is 6.01. The predicted octanol–water partition coefficient (Wildman–Crippen LogP) is 5.03. The topological polar surface area (TPSA) is 109 Å². The van der Waals surface area contributed by atoms with Crippen LogP contribution in [0.4, 0.5) is 5.69 Å². The monoisotopic (exact) mass is 463 g/mol. The molecule has 0 saturated heterocycles. The maximum atomic E-state index is 13.3. The van der Waals surface area contributed by atoms with Crippen molar-refractivity contribution in [3.05, 3.63) is 59.2 Å². The molecule has 2 aromatic carbocycles. The Morgan fingerprint density at radius 1 is 1.06 bits per heavy atom. The molecule has 8 heteroatoms. The fourth-order valence-electron chi connectivity index (χ4n) is 4.04. The van der Waals surface area contributed by atoms with Crippen LogP contribution in [0.3, 0.4) is 0 Å². The van der Waals surface area contributed by atoms with Gasteiger partial charge in [0.2, 0.25) is 5.91 Å². The van der Waals surface area contributed by atoms with Crippen LogP contribution in [0.15, 0.2) is 58.4 Å². The molecular weight excluding hydrogens is 430 g/mol. The summed E-state index contributed by atoms with van der Waals surface area (Å²) in [4.78, 5) is 27.1. The molecule has 1 atom stereocenters. The van der Waals surface area contributed by atoms with E-state index in [-0.39, 0.29) is 11.9 Å². The third-order valence-corrected chi connectivity index (χ3v) is 5.60. The lowest BCUT2D eigenvalue weighted by molar-refractivity contribution is -0.127. The second-order valence-electron chi connectivity index (χ2n) is 8.16. The van der Waals surface area contributed by atoms with Gasteiger partial charge in [0, 0.05) is 30.8 Å². The number of anilines is 1. The number of amides is 1. The first-order valence-corrected chi connectivity index (χ1v) is 11.8. The molecule has 1 amide bonds. The number of esters is 1.